The van der Waals surface area contributed by atoms with E-state index in [9.17, 15) is 9.59 Å². The van der Waals surface area contributed by atoms with Gasteiger partial charge in [0, 0.05) is 10.0 Å². The van der Waals surface area contributed by atoms with Crippen LogP contribution >= 0.6 is 15.9 Å². The molecule has 0 spiro atoms. The highest BCUT2D eigenvalue weighted by atomic mass is 79.9. The zero-order chi connectivity index (χ0) is 19.1. The smallest absolute Gasteiger partial charge is 0.276 e. The zero-order valence-electron chi connectivity index (χ0n) is 14.8. The van der Waals surface area contributed by atoms with Crippen molar-refractivity contribution in [2.24, 2.45) is 0 Å². The van der Waals surface area contributed by atoms with Gasteiger partial charge in [-0.15, -0.1) is 0 Å². The largest absolute Gasteiger partial charge is 0.491 e. The lowest BCUT2D eigenvalue weighted by Crippen LogP contribution is -2.43. The fourth-order valence-corrected chi connectivity index (χ4v) is 2.29. The third-order valence-corrected chi connectivity index (χ3v) is 4.19. The Kier molecular flexibility index (Phi) is 7.03. The molecule has 2 rings (SSSR count). The van der Waals surface area contributed by atoms with Crippen LogP contribution in [-0.4, -0.2) is 24.5 Å². The molecule has 0 aromatic heterocycles. The van der Waals surface area contributed by atoms with E-state index < -0.39 is 11.8 Å². The summed E-state index contributed by atoms with van der Waals surface area (Å²) >= 11 is 3.40. The van der Waals surface area contributed by atoms with Gasteiger partial charge in [0.2, 0.25) is 0 Å². The molecule has 2 N–H and O–H groups in total. The molecule has 0 unspecified atom stereocenters. The van der Waals surface area contributed by atoms with Crippen molar-refractivity contribution in [3.63, 3.8) is 0 Å². The molecule has 7 heteroatoms. The number of rotatable bonds is 6. The van der Waals surface area contributed by atoms with E-state index in [-0.39, 0.29) is 12.7 Å². The van der Waals surface area contributed by atoms with Gasteiger partial charge in [0.15, 0.2) is 6.61 Å². The average Bonchev–Trinajstić information content (AvgIpc) is 2.60. The lowest BCUT2D eigenvalue weighted by molar-refractivity contribution is -0.123. The maximum absolute atomic E-state index is 12.0. The van der Waals surface area contributed by atoms with Gasteiger partial charge in [0.05, 0.1) is 6.10 Å². The third kappa shape index (κ3) is 6.07. The molecule has 0 aliphatic heterocycles. The highest BCUT2D eigenvalue weighted by Crippen LogP contribution is 2.21. The van der Waals surface area contributed by atoms with E-state index >= 15 is 0 Å². The number of carbonyl (C=O) groups is 2. The second-order valence-electron chi connectivity index (χ2n) is 5.89. The van der Waals surface area contributed by atoms with Gasteiger partial charge in [-0.2, -0.15) is 0 Å². The first-order valence-electron chi connectivity index (χ1n) is 8.10. The van der Waals surface area contributed by atoms with Crippen molar-refractivity contribution in [1.29, 1.82) is 0 Å². The van der Waals surface area contributed by atoms with Crippen molar-refractivity contribution in [2.45, 2.75) is 26.9 Å². The molecule has 0 radical (unpaired) electrons. The molecule has 0 saturated heterocycles. The summed E-state index contributed by atoms with van der Waals surface area (Å²) in [7, 11) is 0. The molecule has 0 fully saturated rings. The summed E-state index contributed by atoms with van der Waals surface area (Å²) in [6.45, 7) is 5.57. The quantitative estimate of drug-likeness (QED) is 0.702. The fraction of sp³-hybridized carbons (Fsp3) is 0.263. The summed E-state index contributed by atoms with van der Waals surface area (Å²) in [4.78, 5) is 23.8. The van der Waals surface area contributed by atoms with Gasteiger partial charge < -0.3 is 9.47 Å². The number of carbonyl (C=O) groups excluding carboxylic acids is 2. The van der Waals surface area contributed by atoms with Crippen molar-refractivity contribution >= 4 is 27.7 Å². The molecule has 26 heavy (non-hydrogen) atoms. The molecule has 2 amide bonds. The Bertz CT molecular complexity index is 776. The van der Waals surface area contributed by atoms with E-state index in [1.54, 1.807) is 30.3 Å². The molecule has 2 aromatic rings. The number of hydrogen-bond donors (Lipinski definition) is 2. The minimum atomic E-state index is -0.460. The van der Waals surface area contributed by atoms with Crippen LogP contribution in [0.15, 0.2) is 46.9 Å². The molecule has 138 valence electrons. The Morgan fingerprint density at radius 3 is 2.31 bits per heavy atom. The molecule has 0 aliphatic rings. The minimum absolute atomic E-state index is 0.0588. The second-order valence-corrected chi connectivity index (χ2v) is 6.75. The van der Waals surface area contributed by atoms with Crippen LogP contribution < -0.4 is 20.3 Å². The predicted octanol–water partition coefficient (Wildman–Crippen LogP) is 3.38. The molecule has 2 aromatic carbocycles. The summed E-state index contributed by atoms with van der Waals surface area (Å²) < 4.78 is 11.9. The lowest BCUT2D eigenvalue weighted by atomic mass is 10.2. The average molecular weight is 421 g/mol. The maximum atomic E-state index is 12.0. The standard InChI is InChI=1S/C19H21BrN2O4/c1-12(2)26-15-6-4-14(5-7-15)19(24)22-21-18(23)11-25-16-8-9-17(20)13(3)10-16/h4-10,12H,11H2,1-3H3,(H,21,23)(H,22,24). The van der Waals surface area contributed by atoms with Crippen LogP contribution in [-0.2, 0) is 4.79 Å². The number of ether oxygens (including phenoxy) is 2. The summed E-state index contributed by atoms with van der Waals surface area (Å²) in [6, 6.07) is 12.1. The molecule has 0 atom stereocenters. The second kappa shape index (κ2) is 9.24. The first kappa shape index (κ1) is 19.8. The fourth-order valence-electron chi connectivity index (χ4n) is 2.05. The number of benzene rings is 2. The van der Waals surface area contributed by atoms with Gasteiger partial charge in [-0.25, -0.2) is 0 Å². The van der Waals surface area contributed by atoms with Crippen LogP contribution in [0, 0.1) is 6.92 Å². The maximum Gasteiger partial charge on any atom is 0.276 e. The predicted molar refractivity (Wildman–Crippen MR) is 102 cm³/mol. The molecule has 0 bridgehead atoms. The first-order chi connectivity index (χ1) is 12.3. The summed E-state index contributed by atoms with van der Waals surface area (Å²) in [5, 5.41) is 0. The Labute approximate surface area is 161 Å². The number of hydrogen-bond acceptors (Lipinski definition) is 4. The van der Waals surface area contributed by atoms with Gasteiger partial charge in [0.1, 0.15) is 11.5 Å². The molecular formula is C19H21BrN2O4. The van der Waals surface area contributed by atoms with Gasteiger partial charge in [0.25, 0.3) is 11.8 Å². The number of hydrazine groups is 1. The van der Waals surface area contributed by atoms with Gasteiger partial charge >= 0.3 is 0 Å². The molecule has 0 saturated carbocycles. The van der Waals surface area contributed by atoms with Gasteiger partial charge in [-0.3, -0.25) is 20.4 Å². The number of aryl methyl sites for hydroxylation is 1. The van der Waals surface area contributed by atoms with Gasteiger partial charge in [-0.1, -0.05) is 15.9 Å². The van der Waals surface area contributed by atoms with Gasteiger partial charge in [-0.05, 0) is 68.8 Å². The first-order valence-corrected chi connectivity index (χ1v) is 8.89. The van der Waals surface area contributed by atoms with Crippen molar-refractivity contribution in [1.82, 2.24) is 10.9 Å². The van der Waals surface area contributed by atoms with Crippen molar-refractivity contribution in [2.75, 3.05) is 6.61 Å². The van der Waals surface area contributed by atoms with Crippen LogP contribution in [0.2, 0.25) is 0 Å². The van der Waals surface area contributed by atoms with Crippen molar-refractivity contribution in [3.05, 3.63) is 58.1 Å². The van der Waals surface area contributed by atoms with E-state index in [2.05, 4.69) is 26.8 Å². The number of amides is 2. The normalized spacial score (nSPS) is 10.3. The molecule has 0 heterocycles. The highest BCUT2D eigenvalue weighted by molar-refractivity contribution is 9.10. The highest BCUT2D eigenvalue weighted by Gasteiger charge is 2.09. The number of nitrogens with one attached hydrogen (secondary N) is 2. The summed E-state index contributed by atoms with van der Waals surface area (Å²) in [6.07, 6.45) is 0.0588. The lowest BCUT2D eigenvalue weighted by Gasteiger charge is -2.11. The molecule has 0 aliphatic carbocycles. The summed E-state index contributed by atoms with van der Waals surface area (Å²) in [5.41, 5.74) is 6.08. The zero-order valence-corrected chi connectivity index (χ0v) is 16.4. The SMILES string of the molecule is Cc1cc(OCC(=O)NNC(=O)c2ccc(OC(C)C)cc2)ccc1Br. The van der Waals surface area contributed by atoms with Crippen LogP contribution in [0.1, 0.15) is 29.8 Å². The minimum Gasteiger partial charge on any atom is -0.491 e. The van der Waals surface area contributed by atoms with Crippen LogP contribution in [0.25, 0.3) is 0 Å². The van der Waals surface area contributed by atoms with E-state index in [1.807, 2.05) is 32.9 Å². The van der Waals surface area contributed by atoms with E-state index in [0.717, 1.165) is 10.0 Å². The van der Waals surface area contributed by atoms with Crippen molar-refractivity contribution < 1.29 is 19.1 Å². The third-order valence-electron chi connectivity index (χ3n) is 3.30. The van der Waals surface area contributed by atoms with Crippen molar-refractivity contribution in [3.8, 4) is 11.5 Å². The van der Waals surface area contributed by atoms with E-state index in [1.165, 1.54) is 0 Å². The monoisotopic (exact) mass is 420 g/mol. The summed E-state index contributed by atoms with van der Waals surface area (Å²) in [5.74, 6) is 0.374. The van der Waals surface area contributed by atoms with E-state index in [4.69, 9.17) is 9.47 Å². The molecular weight excluding hydrogens is 400 g/mol. The van der Waals surface area contributed by atoms with Crippen LogP contribution in [0.5, 0.6) is 11.5 Å². The van der Waals surface area contributed by atoms with E-state index in [0.29, 0.717) is 17.1 Å². The number of halogens is 1. The topological polar surface area (TPSA) is 76.7 Å². The molecule has 6 nitrogen and oxygen atoms in total. The Morgan fingerprint density at radius 1 is 1.04 bits per heavy atom. The Hall–Kier alpha value is -2.54. The van der Waals surface area contributed by atoms with Crippen LogP contribution in [0.3, 0.4) is 0 Å². The Balaban J connectivity index is 1.79. The van der Waals surface area contributed by atoms with Crippen LogP contribution in [0.4, 0.5) is 0 Å². The Morgan fingerprint density at radius 2 is 1.69 bits per heavy atom.